The summed E-state index contributed by atoms with van der Waals surface area (Å²) in [5.41, 5.74) is 8.39. The first-order valence-electron chi connectivity index (χ1n) is 6.32. The molecule has 2 N–H and O–H groups in total. The minimum absolute atomic E-state index is 0.337. The number of rotatable bonds is 2. The predicted octanol–water partition coefficient (Wildman–Crippen LogP) is 4.10. The summed E-state index contributed by atoms with van der Waals surface area (Å²) in [7, 11) is 0. The Morgan fingerprint density at radius 3 is 2.85 bits per heavy atom. The molecule has 0 bridgehead atoms. The molecule has 3 nitrogen and oxygen atoms in total. The molecule has 3 aromatic rings. The second kappa shape index (κ2) is 4.80. The summed E-state index contributed by atoms with van der Waals surface area (Å²) in [6.07, 6.45) is 0. The Morgan fingerprint density at radius 1 is 1.30 bits per heavy atom. The SMILES string of the molecule is CCn1c(-c2cc(Cl)ccc2N)nc2c(F)cccc21. The van der Waals surface area contributed by atoms with E-state index in [0.717, 1.165) is 11.1 Å². The number of para-hydroxylation sites is 1. The molecule has 102 valence electrons. The topological polar surface area (TPSA) is 43.8 Å². The van der Waals surface area contributed by atoms with Gasteiger partial charge < -0.3 is 10.3 Å². The van der Waals surface area contributed by atoms with Crippen LogP contribution < -0.4 is 5.73 Å². The zero-order valence-corrected chi connectivity index (χ0v) is 11.7. The zero-order chi connectivity index (χ0) is 14.3. The third-order valence-corrected chi connectivity index (χ3v) is 3.54. The molecule has 1 heterocycles. The number of aryl methyl sites for hydroxylation is 1. The highest BCUT2D eigenvalue weighted by Gasteiger charge is 2.16. The van der Waals surface area contributed by atoms with Crippen molar-refractivity contribution in [3.8, 4) is 11.4 Å². The molecule has 0 radical (unpaired) electrons. The molecule has 3 rings (SSSR count). The fraction of sp³-hybridized carbons (Fsp3) is 0.133. The van der Waals surface area contributed by atoms with E-state index in [0.29, 0.717) is 28.6 Å². The molecule has 20 heavy (non-hydrogen) atoms. The number of fused-ring (bicyclic) bond motifs is 1. The van der Waals surface area contributed by atoms with E-state index < -0.39 is 0 Å². The number of benzene rings is 2. The average Bonchev–Trinajstić information content (AvgIpc) is 2.81. The van der Waals surface area contributed by atoms with Crippen molar-refractivity contribution in [3.05, 3.63) is 47.2 Å². The van der Waals surface area contributed by atoms with Crippen LogP contribution in [0.5, 0.6) is 0 Å². The van der Waals surface area contributed by atoms with E-state index in [2.05, 4.69) is 4.98 Å². The Morgan fingerprint density at radius 2 is 2.10 bits per heavy atom. The Kier molecular flexibility index (Phi) is 3.10. The lowest BCUT2D eigenvalue weighted by molar-refractivity contribution is 0.637. The van der Waals surface area contributed by atoms with Crippen LogP contribution in [-0.2, 0) is 6.54 Å². The van der Waals surface area contributed by atoms with Crippen molar-refractivity contribution in [2.45, 2.75) is 13.5 Å². The van der Waals surface area contributed by atoms with Gasteiger partial charge >= 0.3 is 0 Å². The largest absolute Gasteiger partial charge is 0.398 e. The van der Waals surface area contributed by atoms with Crippen LogP contribution in [0.15, 0.2) is 36.4 Å². The normalized spacial score (nSPS) is 11.2. The van der Waals surface area contributed by atoms with Crippen LogP contribution in [0.1, 0.15) is 6.92 Å². The van der Waals surface area contributed by atoms with Gasteiger partial charge in [-0.15, -0.1) is 0 Å². The lowest BCUT2D eigenvalue weighted by Gasteiger charge is -2.08. The summed E-state index contributed by atoms with van der Waals surface area (Å²) in [6.45, 7) is 2.65. The summed E-state index contributed by atoms with van der Waals surface area (Å²) in [6, 6.07) is 10.1. The fourth-order valence-electron chi connectivity index (χ4n) is 2.36. The lowest BCUT2D eigenvalue weighted by Crippen LogP contribution is -2.00. The second-order valence-corrected chi connectivity index (χ2v) is 4.96. The molecule has 0 amide bonds. The molecule has 0 aliphatic carbocycles. The quantitative estimate of drug-likeness (QED) is 0.722. The minimum Gasteiger partial charge on any atom is -0.398 e. The van der Waals surface area contributed by atoms with Crippen LogP contribution >= 0.6 is 11.6 Å². The van der Waals surface area contributed by atoms with E-state index in [9.17, 15) is 4.39 Å². The van der Waals surface area contributed by atoms with Gasteiger partial charge in [0.25, 0.3) is 0 Å². The summed E-state index contributed by atoms with van der Waals surface area (Å²) in [5.74, 6) is 0.296. The van der Waals surface area contributed by atoms with Gasteiger partial charge in [-0.25, -0.2) is 9.37 Å². The van der Waals surface area contributed by atoms with Gasteiger partial charge in [0.15, 0.2) is 5.82 Å². The summed E-state index contributed by atoms with van der Waals surface area (Å²) in [4.78, 5) is 4.40. The van der Waals surface area contributed by atoms with Crippen molar-refractivity contribution in [2.24, 2.45) is 0 Å². The molecule has 5 heteroatoms. The summed E-state index contributed by atoms with van der Waals surface area (Å²) >= 11 is 6.03. The Balaban J connectivity index is 2.36. The van der Waals surface area contributed by atoms with E-state index in [1.54, 1.807) is 24.3 Å². The van der Waals surface area contributed by atoms with Crippen molar-refractivity contribution in [1.82, 2.24) is 9.55 Å². The fourth-order valence-corrected chi connectivity index (χ4v) is 2.53. The van der Waals surface area contributed by atoms with Crippen LogP contribution in [-0.4, -0.2) is 9.55 Å². The Bertz CT molecular complexity index is 795. The Hall–Kier alpha value is -2.07. The molecule has 0 saturated heterocycles. The highest BCUT2D eigenvalue weighted by molar-refractivity contribution is 6.31. The van der Waals surface area contributed by atoms with Gasteiger partial charge in [-0.1, -0.05) is 17.7 Å². The number of nitrogens with zero attached hydrogens (tertiary/aromatic N) is 2. The molecule has 0 atom stereocenters. The van der Waals surface area contributed by atoms with Crippen molar-refractivity contribution in [3.63, 3.8) is 0 Å². The molecule has 0 saturated carbocycles. The van der Waals surface area contributed by atoms with E-state index in [1.807, 2.05) is 17.6 Å². The number of hydrogen-bond acceptors (Lipinski definition) is 2. The van der Waals surface area contributed by atoms with E-state index in [4.69, 9.17) is 17.3 Å². The maximum absolute atomic E-state index is 13.9. The van der Waals surface area contributed by atoms with Crippen molar-refractivity contribution in [2.75, 3.05) is 5.73 Å². The molecule has 0 unspecified atom stereocenters. The van der Waals surface area contributed by atoms with E-state index >= 15 is 0 Å². The van der Waals surface area contributed by atoms with Gasteiger partial charge in [0.2, 0.25) is 0 Å². The van der Waals surface area contributed by atoms with Gasteiger partial charge in [0.1, 0.15) is 11.3 Å². The monoisotopic (exact) mass is 289 g/mol. The van der Waals surface area contributed by atoms with Crippen LogP contribution in [0.25, 0.3) is 22.4 Å². The first-order chi connectivity index (χ1) is 9.61. The first kappa shape index (κ1) is 12.9. The molecule has 0 spiro atoms. The predicted molar refractivity (Wildman–Crippen MR) is 80.2 cm³/mol. The Labute approximate surface area is 120 Å². The first-order valence-corrected chi connectivity index (χ1v) is 6.69. The highest BCUT2D eigenvalue weighted by Crippen LogP contribution is 2.31. The van der Waals surface area contributed by atoms with Crippen molar-refractivity contribution >= 4 is 28.3 Å². The van der Waals surface area contributed by atoms with Gasteiger partial charge in [0, 0.05) is 22.8 Å². The molecule has 2 aromatic carbocycles. The number of nitrogen functional groups attached to an aromatic ring is 1. The number of nitrogens with two attached hydrogens (primary N) is 1. The summed E-state index contributed by atoms with van der Waals surface area (Å²) < 4.78 is 15.8. The minimum atomic E-state index is -0.337. The molecule has 0 aliphatic rings. The number of aromatic nitrogens is 2. The number of anilines is 1. The molecule has 0 fully saturated rings. The van der Waals surface area contributed by atoms with Gasteiger partial charge in [-0.05, 0) is 37.3 Å². The zero-order valence-electron chi connectivity index (χ0n) is 10.9. The van der Waals surface area contributed by atoms with Crippen LogP contribution in [0.3, 0.4) is 0 Å². The van der Waals surface area contributed by atoms with Gasteiger partial charge in [0.05, 0.1) is 5.52 Å². The van der Waals surface area contributed by atoms with Crippen molar-refractivity contribution < 1.29 is 4.39 Å². The number of hydrogen-bond donors (Lipinski definition) is 1. The number of imidazole rings is 1. The average molecular weight is 290 g/mol. The molecule has 0 aliphatic heterocycles. The maximum atomic E-state index is 13.9. The van der Waals surface area contributed by atoms with E-state index in [1.165, 1.54) is 6.07 Å². The third-order valence-electron chi connectivity index (χ3n) is 3.30. The van der Waals surface area contributed by atoms with Crippen LogP contribution in [0.2, 0.25) is 5.02 Å². The highest BCUT2D eigenvalue weighted by atomic mass is 35.5. The molecule has 1 aromatic heterocycles. The van der Waals surface area contributed by atoms with Crippen LogP contribution in [0.4, 0.5) is 10.1 Å². The second-order valence-electron chi connectivity index (χ2n) is 4.52. The van der Waals surface area contributed by atoms with E-state index in [-0.39, 0.29) is 5.82 Å². The summed E-state index contributed by atoms with van der Waals surface area (Å²) in [5, 5.41) is 0.574. The third kappa shape index (κ3) is 1.93. The van der Waals surface area contributed by atoms with Gasteiger partial charge in [-0.3, -0.25) is 0 Å². The number of halogens is 2. The smallest absolute Gasteiger partial charge is 0.151 e. The van der Waals surface area contributed by atoms with Crippen LogP contribution in [0, 0.1) is 5.82 Å². The lowest BCUT2D eigenvalue weighted by atomic mass is 10.1. The van der Waals surface area contributed by atoms with Crippen molar-refractivity contribution in [1.29, 1.82) is 0 Å². The maximum Gasteiger partial charge on any atom is 0.151 e. The molecular formula is C15H13ClFN3. The standard InChI is InChI=1S/C15H13ClFN3/c1-2-20-13-5-3-4-11(17)14(13)19-15(20)10-8-9(16)6-7-12(10)18/h3-8H,2,18H2,1H3. The van der Waals surface area contributed by atoms with Gasteiger partial charge in [-0.2, -0.15) is 0 Å². The molecular weight excluding hydrogens is 277 g/mol.